The smallest absolute Gasteiger partial charge is 0.200 e. The molecular weight excluding hydrogens is 340 g/mol. The molecule has 0 saturated heterocycles. The summed E-state index contributed by atoms with van der Waals surface area (Å²) >= 11 is 0. The number of hydrogen-bond acceptors (Lipinski definition) is 4. The molecule has 0 spiro atoms. The van der Waals surface area contributed by atoms with Crippen LogP contribution in [0.3, 0.4) is 0 Å². The van der Waals surface area contributed by atoms with Crippen LogP contribution in [0.5, 0.6) is 17.2 Å². The number of carbonyl (C=O) groups excluding carboxylic acids is 1. The second-order valence-electron chi connectivity index (χ2n) is 6.85. The third-order valence-electron chi connectivity index (χ3n) is 4.63. The first kappa shape index (κ1) is 20.8. The standard InChI is InChI=1S/C23H30O4/c1-2-3-4-5-6-7-8-11-16-27-18-14-15-20(22(25)17-18)23(26)19-12-9-10-13-21(19)24/h9-10,12-15,17,24-25H,2-8,11,16H2,1H3. The largest absolute Gasteiger partial charge is 0.507 e. The summed E-state index contributed by atoms with van der Waals surface area (Å²) < 4.78 is 5.68. The quantitative estimate of drug-likeness (QED) is 0.363. The zero-order chi connectivity index (χ0) is 19.5. The summed E-state index contributed by atoms with van der Waals surface area (Å²) in [7, 11) is 0. The van der Waals surface area contributed by atoms with Gasteiger partial charge in [0, 0.05) is 6.07 Å². The van der Waals surface area contributed by atoms with E-state index in [1.165, 1.54) is 62.8 Å². The molecule has 2 aromatic rings. The van der Waals surface area contributed by atoms with Crippen LogP contribution < -0.4 is 4.74 Å². The number of unbranched alkanes of at least 4 members (excludes halogenated alkanes) is 7. The van der Waals surface area contributed by atoms with Gasteiger partial charge in [-0.25, -0.2) is 0 Å². The summed E-state index contributed by atoms with van der Waals surface area (Å²) in [6.07, 6.45) is 9.88. The van der Waals surface area contributed by atoms with Crippen LogP contribution >= 0.6 is 0 Å². The first-order valence-corrected chi connectivity index (χ1v) is 9.92. The Hall–Kier alpha value is -2.49. The van der Waals surface area contributed by atoms with Crippen LogP contribution in [0.25, 0.3) is 0 Å². The van der Waals surface area contributed by atoms with Crippen LogP contribution in [0.4, 0.5) is 0 Å². The molecule has 0 aromatic heterocycles. The van der Waals surface area contributed by atoms with E-state index in [2.05, 4.69) is 6.92 Å². The number of carbonyl (C=O) groups is 1. The van der Waals surface area contributed by atoms with Gasteiger partial charge in [0.1, 0.15) is 17.2 Å². The Balaban J connectivity index is 1.78. The van der Waals surface area contributed by atoms with Crippen LogP contribution in [0.15, 0.2) is 42.5 Å². The Morgan fingerprint density at radius 3 is 2.11 bits per heavy atom. The SMILES string of the molecule is CCCCCCCCCCOc1ccc(C(=O)c2ccccc2O)c(O)c1. The average molecular weight is 370 g/mol. The lowest BCUT2D eigenvalue weighted by Crippen LogP contribution is -2.03. The summed E-state index contributed by atoms with van der Waals surface area (Å²) in [4.78, 5) is 12.5. The molecule has 0 aliphatic rings. The molecule has 2 aromatic carbocycles. The fourth-order valence-electron chi connectivity index (χ4n) is 3.03. The zero-order valence-corrected chi connectivity index (χ0v) is 16.1. The maximum absolute atomic E-state index is 12.5. The van der Waals surface area contributed by atoms with E-state index in [-0.39, 0.29) is 22.6 Å². The molecular formula is C23H30O4. The minimum atomic E-state index is -0.416. The second-order valence-corrected chi connectivity index (χ2v) is 6.85. The van der Waals surface area contributed by atoms with E-state index in [0.717, 1.165) is 12.8 Å². The predicted octanol–water partition coefficient (Wildman–Crippen LogP) is 5.85. The van der Waals surface area contributed by atoms with E-state index in [1.807, 2.05) is 0 Å². The lowest BCUT2D eigenvalue weighted by atomic mass is 10.0. The third-order valence-corrected chi connectivity index (χ3v) is 4.63. The molecule has 0 atom stereocenters. The van der Waals surface area contributed by atoms with Crippen LogP contribution in [0.2, 0.25) is 0 Å². The molecule has 0 heterocycles. The number of benzene rings is 2. The van der Waals surface area contributed by atoms with Gasteiger partial charge in [-0.05, 0) is 30.7 Å². The van der Waals surface area contributed by atoms with Crippen molar-refractivity contribution in [3.63, 3.8) is 0 Å². The highest BCUT2D eigenvalue weighted by Crippen LogP contribution is 2.28. The maximum Gasteiger partial charge on any atom is 0.200 e. The molecule has 27 heavy (non-hydrogen) atoms. The normalized spacial score (nSPS) is 10.7. The lowest BCUT2D eigenvalue weighted by molar-refractivity contribution is 0.103. The molecule has 146 valence electrons. The van der Waals surface area contributed by atoms with Crippen molar-refractivity contribution in [1.82, 2.24) is 0 Å². The third kappa shape index (κ3) is 6.63. The first-order valence-electron chi connectivity index (χ1n) is 9.92. The minimum absolute atomic E-state index is 0.100. The van der Waals surface area contributed by atoms with Crippen LogP contribution in [-0.4, -0.2) is 22.6 Å². The van der Waals surface area contributed by atoms with Gasteiger partial charge in [0.2, 0.25) is 0 Å². The number of para-hydroxylation sites is 1. The molecule has 0 saturated carbocycles. The molecule has 0 fully saturated rings. The van der Waals surface area contributed by atoms with Crippen molar-refractivity contribution in [2.75, 3.05) is 6.61 Å². The van der Waals surface area contributed by atoms with E-state index in [1.54, 1.807) is 18.2 Å². The Labute approximate surface area is 161 Å². The van der Waals surface area contributed by atoms with Crippen molar-refractivity contribution >= 4 is 5.78 Å². The Kier molecular flexibility index (Phi) is 8.69. The van der Waals surface area contributed by atoms with Gasteiger partial charge in [0.15, 0.2) is 5.78 Å². The second kappa shape index (κ2) is 11.3. The average Bonchev–Trinajstić information content (AvgIpc) is 2.67. The number of ketones is 1. The lowest BCUT2D eigenvalue weighted by Gasteiger charge is -2.09. The number of ether oxygens (including phenoxy) is 1. The van der Waals surface area contributed by atoms with E-state index >= 15 is 0 Å². The van der Waals surface area contributed by atoms with Gasteiger partial charge >= 0.3 is 0 Å². The molecule has 4 nitrogen and oxygen atoms in total. The van der Waals surface area contributed by atoms with Crippen molar-refractivity contribution in [3.05, 3.63) is 53.6 Å². The van der Waals surface area contributed by atoms with Crippen molar-refractivity contribution in [1.29, 1.82) is 0 Å². The molecule has 0 aliphatic heterocycles. The fraction of sp³-hybridized carbons (Fsp3) is 0.435. The zero-order valence-electron chi connectivity index (χ0n) is 16.1. The molecule has 0 unspecified atom stereocenters. The van der Waals surface area contributed by atoms with Gasteiger partial charge in [0.25, 0.3) is 0 Å². The van der Waals surface area contributed by atoms with Crippen molar-refractivity contribution in [2.24, 2.45) is 0 Å². The first-order chi connectivity index (χ1) is 13.1. The molecule has 0 aliphatic carbocycles. The van der Waals surface area contributed by atoms with Crippen LogP contribution in [0.1, 0.15) is 74.2 Å². The molecule has 0 bridgehead atoms. The van der Waals surface area contributed by atoms with E-state index in [4.69, 9.17) is 4.74 Å². The Bertz CT molecular complexity index is 724. The molecule has 2 rings (SSSR count). The van der Waals surface area contributed by atoms with E-state index < -0.39 is 5.78 Å². The van der Waals surface area contributed by atoms with E-state index in [9.17, 15) is 15.0 Å². The number of phenols is 2. The van der Waals surface area contributed by atoms with Crippen LogP contribution in [0, 0.1) is 0 Å². The molecule has 0 amide bonds. The topological polar surface area (TPSA) is 66.8 Å². The molecule has 4 heteroatoms. The predicted molar refractivity (Wildman–Crippen MR) is 108 cm³/mol. The van der Waals surface area contributed by atoms with Crippen LogP contribution in [-0.2, 0) is 0 Å². The number of hydrogen-bond donors (Lipinski definition) is 2. The maximum atomic E-state index is 12.5. The summed E-state index contributed by atoms with van der Waals surface area (Å²) in [6, 6.07) is 11.0. The monoisotopic (exact) mass is 370 g/mol. The molecule has 2 N–H and O–H groups in total. The van der Waals surface area contributed by atoms with Crippen molar-refractivity contribution in [2.45, 2.75) is 58.3 Å². The van der Waals surface area contributed by atoms with Gasteiger partial charge in [-0.15, -0.1) is 0 Å². The van der Waals surface area contributed by atoms with Gasteiger partial charge in [-0.3, -0.25) is 4.79 Å². The number of aromatic hydroxyl groups is 2. The highest BCUT2D eigenvalue weighted by atomic mass is 16.5. The van der Waals surface area contributed by atoms with Crippen molar-refractivity contribution in [3.8, 4) is 17.2 Å². The highest BCUT2D eigenvalue weighted by molar-refractivity contribution is 6.12. The highest BCUT2D eigenvalue weighted by Gasteiger charge is 2.17. The summed E-state index contributed by atoms with van der Waals surface area (Å²) in [5, 5.41) is 20.0. The van der Waals surface area contributed by atoms with Crippen molar-refractivity contribution < 1.29 is 19.7 Å². The number of rotatable bonds is 12. The Morgan fingerprint density at radius 2 is 1.44 bits per heavy atom. The minimum Gasteiger partial charge on any atom is -0.507 e. The number of phenolic OH excluding ortho intramolecular Hbond substituents is 2. The van der Waals surface area contributed by atoms with Gasteiger partial charge in [-0.2, -0.15) is 0 Å². The summed E-state index contributed by atoms with van der Waals surface area (Å²) in [5.74, 6) is -0.113. The van der Waals surface area contributed by atoms with Gasteiger partial charge in [-0.1, -0.05) is 64.0 Å². The summed E-state index contributed by atoms with van der Waals surface area (Å²) in [6.45, 7) is 2.82. The Morgan fingerprint density at radius 1 is 0.815 bits per heavy atom. The summed E-state index contributed by atoms with van der Waals surface area (Å²) in [5.41, 5.74) is 0.316. The molecule has 0 radical (unpaired) electrons. The van der Waals surface area contributed by atoms with Gasteiger partial charge < -0.3 is 14.9 Å². The fourth-order valence-corrected chi connectivity index (χ4v) is 3.03. The van der Waals surface area contributed by atoms with Gasteiger partial charge in [0.05, 0.1) is 17.7 Å². The van der Waals surface area contributed by atoms with E-state index in [0.29, 0.717) is 12.4 Å².